The number of rotatable bonds is 7. The Kier molecular flexibility index (Phi) is 5.69. The molecule has 0 atom stereocenters. The van der Waals surface area contributed by atoms with Crippen LogP contribution in [0.25, 0.3) is 0 Å². The van der Waals surface area contributed by atoms with Crippen molar-refractivity contribution in [3.05, 3.63) is 82.4 Å². The highest BCUT2D eigenvalue weighted by Gasteiger charge is 2.16. The fraction of sp³-hybridized carbons (Fsp3) is 0.211. The molecule has 3 rings (SSSR count). The minimum atomic E-state index is -0.0734. The molecule has 0 fully saturated rings. The third-order valence-corrected chi connectivity index (χ3v) is 4.53. The van der Waals surface area contributed by atoms with Crippen molar-refractivity contribution in [2.45, 2.75) is 19.5 Å². The van der Waals surface area contributed by atoms with Gasteiger partial charge in [0.25, 0.3) is 0 Å². The van der Waals surface area contributed by atoms with Crippen LogP contribution < -0.4 is 5.32 Å². The van der Waals surface area contributed by atoms with Crippen molar-refractivity contribution in [3.8, 4) is 0 Å². The second-order valence-electron chi connectivity index (χ2n) is 5.48. The molecule has 4 nitrogen and oxygen atoms in total. The molecule has 5 heteroatoms. The predicted octanol–water partition coefficient (Wildman–Crippen LogP) is 4.30. The first-order valence-corrected chi connectivity index (χ1v) is 8.81. The molecule has 1 aromatic carbocycles. The van der Waals surface area contributed by atoms with Gasteiger partial charge in [0.15, 0.2) is 0 Å². The van der Waals surface area contributed by atoms with Gasteiger partial charge in [0.2, 0.25) is 0 Å². The van der Waals surface area contributed by atoms with Gasteiger partial charge in [-0.2, -0.15) is 0 Å². The molecular formula is C19H20N2O2S. The number of urea groups is 1. The standard InChI is InChI=1S/C19H20N2O2S/c22-19(20-11-10-16-6-2-1-3-7-16)21(14-17-8-4-12-23-17)15-18-9-5-13-24-18/h1-9,12-13H,10-11,14-15H2,(H,20,22). The molecule has 0 saturated carbocycles. The summed E-state index contributed by atoms with van der Waals surface area (Å²) < 4.78 is 5.39. The number of amides is 2. The lowest BCUT2D eigenvalue weighted by Gasteiger charge is -2.21. The van der Waals surface area contributed by atoms with Crippen LogP contribution in [0, 0.1) is 0 Å². The molecule has 0 aliphatic carbocycles. The van der Waals surface area contributed by atoms with E-state index < -0.39 is 0 Å². The Morgan fingerprint density at radius 3 is 2.62 bits per heavy atom. The average Bonchev–Trinajstić information content (AvgIpc) is 3.29. The van der Waals surface area contributed by atoms with Crippen LogP contribution in [0.1, 0.15) is 16.2 Å². The first-order valence-electron chi connectivity index (χ1n) is 7.93. The van der Waals surface area contributed by atoms with Crippen LogP contribution in [-0.4, -0.2) is 17.5 Å². The van der Waals surface area contributed by atoms with Gasteiger partial charge in [-0.3, -0.25) is 0 Å². The number of carbonyl (C=O) groups is 1. The fourth-order valence-electron chi connectivity index (χ4n) is 2.45. The lowest BCUT2D eigenvalue weighted by molar-refractivity contribution is 0.188. The molecule has 1 N–H and O–H groups in total. The van der Waals surface area contributed by atoms with Gasteiger partial charge in [-0.1, -0.05) is 36.4 Å². The van der Waals surface area contributed by atoms with Crippen LogP contribution >= 0.6 is 11.3 Å². The summed E-state index contributed by atoms with van der Waals surface area (Å²) in [6.45, 7) is 1.65. The Morgan fingerprint density at radius 2 is 1.92 bits per heavy atom. The van der Waals surface area contributed by atoms with Gasteiger partial charge in [0.05, 0.1) is 19.4 Å². The molecule has 124 valence electrons. The molecule has 0 unspecified atom stereocenters. The molecule has 0 radical (unpaired) electrons. The third-order valence-electron chi connectivity index (χ3n) is 3.67. The van der Waals surface area contributed by atoms with Crippen LogP contribution in [-0.2, 0) is 19.5 Å². The summed E-state index contributed by atoms with van der Waals surface area (Å²) in [4.78, 5) is 15.5. The Balaban J connectivity index is 1.57. The van der Waals surface area contributed by atoms with Crippen molar-refractivity contribution in [2.24, 2.45) is 0 Å². The molecule has 2 aromatic heterocycles. The van der Waals surface area contributed by atoms with Gasteiger partial charge >= 0.3 is 6.03 Å². The van der Waals surface area contributed by atoms with Gasteiger partial charge in [0, 0.05) is 11.4 Å². The summed E-state index contributed by atoms with van der Waals surface area (Å²) in [7, 11) is 0. The number of nitrogens with one attached hydrogen (secondary N) is 1. The molecule has 0 spiro atoms. The molecule has 0 aliphatic rings. The van der Waals surface area contributed by atoms with E-state index in [9.17, 15) is 4.79 Å². The van der Waals surface area contributed by atoms with Gasteiger partial charge in [0.1, 0.15) is 5.76 Å². The van der Waals surface area contributed by atoms with Crippen LogP contribution in [0.2, 0.25) is 0 Å². The Hall–Kier alpha value is -2.53. The van der Waals surface area contributed by atoms with E-state index in [1.807, 2.05) is 47.8 Å². The quantitative estimate of drug-likeness (QED) is 0.697. The molecule has 24 heavy (non-hydrogen) atoms. The largest absolute Gasteiger partial charge is 0.467 e. The van der Waals surface area contributed by atoms with E-state index in [-0.39, 0.29) is 6.03 Å². The number of benzene rings is 1. The van der Waals surface area contributed by atoms with Crippen LogP contribution in [0.5, 0.6) is 0 Å². The highest BCUT2D eigenvalue weighted by atomic mass is 32.1. The first kappa shape index (κ1) is 16.3. The molecule has 2 heterocycles. The molecule has 2 amide bonds. The fourth-order valence-corrected chi connectivity index (χ4v) is 3.17. The van der Waals surface area contributed by atoms with Gasteiger partial charge in [-0.15, -0.1) is 11.3 Å². The zero-order valence-corrected chi connectivity index (χ0v) is 14.2. The monoisotopic (exact) mass is 340 g/mol. The number of nitrogens with zero attached hydrogens (tertiary/aromatic N) is 1. The Morgan fingerprint density at radius 1 is 1.04 bits per heavy atom. The number of thiophene rings is 1. The van der Waals surface area contributed by atoms with Crippen LogP contribution in [0.3, 0.4) is 0 Å². The number of furan rings is 1. The van der Waals surface area contributed by atoms with Gasteiger partial charge in [-0.05, 0) is 35.6 Å². The minimum Gasteiger partial charge on any atom is -0.467 e. The molecule has 0 aliphatic heterocycles. The number of hydrogen-bond acceptors (Lipinski definition) is 3. The van der Waals surface area contributed by atoms with E-state index in [1.54, 1.807) is 22.5 Å². The maximum absolute atomic E-state index is 12.6. The van der Waals surface area contributed by atoms with E-state index in [0.29, 0.717) is 19.6 Å². The van der Waals surface area contributed by atoms with Crippen molar-refractivity contribution in [1.29, 1.82) is 0 Å². The number of hydrogen-bond donors (Lipinski definition) is 1. The second-order valence-corrected chi connectivity index (χ2v) is 6.51. The summed E-state index contributed by atoms with van der Waals surface area (Å²) in [5.41, 5.74) is 1.22. The van der Waals surface area contributed by atoms with E-state index >= 15 is 0 Å². The van der Waals surface area contributed by atoms with Gasteiger partial charge in [-0.25, -0.2) is 4.79 Å². The van der Waals surface area contributed by atoms with E-state index in [2.05, 4.69) is 17.4 Å². The average molecular weight is 340 g/mol. The van der Waals surface area contributed by atoms with Crippen molar-refractivity contribution in [3.63, 3.8) is 0 Å². The van der Waals surface area contributed by atoms with Crippen molar-refractivity contribution in [2.75, 3.05) is 6.54 Å². The van der Waals surface area contributed by atoms with Gasteiger partial charge < -0.3 is 14.6 Å². The third kappa shape index (κ3) is 4.73. The van der Waals surface area contributed by atoms with E-state index in [0.717, 1.165) is 17.1 Å². The SMILES string of the molecule is O=C(NCCc1ccccc1)N(Cc1ccco1)Cc1cccs1. The van der Waals surface area contributed by atoms with Crippen LogP contribution in [0.15, 0.2) is 70.7 Å². The lowest BCUT2D eigenvalue weighted by atomic mass is 10.1. The van der Waals surface area contributed by atoms with Crippen molar-refractivity contribution >= 4 is 17.4 Å². The predicted molar refractivity (Wildman–Crippen MR) is 95.8 cm³/mol. The summed E-state index contributed by atoms with van der Waals surface area (Å²) in [6, 6.07) is 17.8. The highest BCUT2D eigenvalue weighted by molar-refractivity contribution is 7.09. The minimum absolute atomic E-state index is 0.0734. The van der Waals surface area contributed by atoms with E-state index in [1.165, 1.54) is 5.56 Å². The first-order chi connectivity index (χ1) is 11.8. The normalized spacial score (nSPS) is 10.5. The summed E-state index contributed by atoms with van der Waals surface area (Å²) >= 11 is 1.65. The number of carbonyl (C=O) groups excluding carboxylic acids is 1. The summed E-state index contributed by atoms with van der Waals surface area (Å²) in [5.74, 6) is 0.782. The summed E-state index contributed by atoms with van der Waals surface area (Å²) in [5, 5.41) is 5.03. The zero-order valence-electron chi connectivity index (χ0n) is 13.4. The van der Waals surface area contributed by atoms with Crippen molar-refractivity contribution in [1.82, 2.24) is 10.2 Å². The second kappa shape index (κ2) is 8.36. The van der Waals surface area contributed by atoms with E-state index in [4.69, 9.17) is 4.42 Å². The maximum Gasteiger partial charge on any atom is 0.318 e. The topological polar surface area (TPSA) is 45.5 Å². The summed E-state index contributed by atoms with van der Waals surface area (Å²) in [6.07, 6.45) is 2.45. The Labute approximate surface area is 145 Å². The Bertz CT molecular complexity index is 688. The molecule has 0 saturated heterocycles. The molecule has 0 bridgehead atoms. The maximum atomic E-state index is 12.6. The lowest BCUT2D eigenvalue weighted by Crippen LogP contribution is -2.39. The smallest absolute Gasteiger partial charge is 0.318 e. The molecular weight excluding hydrogens is 320 g/mol. The molecule has 3 aromatic rings. The zero-order chi connectivity index (χ0) is 16.6. The highest BCUT2D eigenvalue weighted by Crippen LogP contribution is 2.15. The van der Waals surface area contributed by atoms with Crippen LogP contribution in [0.4, 0.5) is 4.79 Å². The van der Waals surface area contributed by atoms with Crippen molar-refractivity contribution < 1.29 is 9.21 Å².